The number of anilines is 1. The Labute approximate surface area is 228 Å². The normalized spacial score (nSPS) is 22.3. The van der Waals surface area contributed by atoms with Crippen LogP contribution in [0.4, 0.5) is 5.82 Å². The second kappa shape index (κ2) is 9.40. The summed E-state index contributed by atoms with van der Waals surface area (Å²) in [5, 5.41) is 4.74. The lowest BCUT2D eigenvalue weighted by Crippen LogP contribution is -2.36. The van der Waals surface area contributed by atoms with Crippen LogP contribution >= 0.6 is 0 Å². The molecule has 4 aromatic rings. The van der Waals surface area contributed by atoms with Gasteiger partial charge in [-0.05, 0) is 55.9 Å². The van der Waals surface area contributed by atoms with Gasteiger partial charge in [0.2, 0.25) is 11.8 Å². The van der Waals surface area contributed by atoms with E-state index in [0.717, 1.165) is 71.2 Å². The van der Waals surface area contributed by atoms with E-state index >= 15 is 0 Å². The highest BCUT2D eigenvalue weighted by atomic mass is 16.2. The molecule has 7 rings (SSSR count). The van der Waals surface area contributed by atoms with Crippen molar-refractivity contribution in [3.63, 3.8) is 0 Å². The molecular formula is C32H33N5O2. The van der Waals surface area contributed by atoms with Gasteiger partial charge in [0.25, 0.3) is 0 Å². The molecule has 0 spiro atoms. The molecule has 7 nitrogen and oxygen atoms in total. The highest BCUT2D eigenvalue weighted by Crippen LogP contribution is 2.53. The molecular weight excluding hydrogens is 486 g/mol. The van der Waals surface area contributed by atoms with Crippen LogP contribution in [-0.4, -0.2) is 31.4 Å². The first-order valence-electron chi connectivity index (χ1n) is 14.2. The number of rotatable bonds is 5. The van der Waals surface area contributed by atoms with Gasteiger partial charge >= 0.3 is 0 Å². The number of imide groups is 1. The van der Waals surface area contributed by atoms with Gasteiger partial charge in [0.15, 0.2) is 11.5 Å². The molecule has 3 aromatic heterocycles. The van der Waals surface area contributed by atoms with Crippen LogP contribution in [0.1, 0.15) is 81.9 Å². The van der Waals surface area contributed by atoms with Gasteiger partial charge in [-0.3, -0.25) is 14.6 Å². The molecule has 0 radical (unpaired) electrons. The van der Waals surface area contributed by atoms with Gasteiger partial charge in [0.05, 0.1) is 17.6 Å². The molecule has 2 amide bonds. The summed E-state index contributed by atoms with van der Waals surface area (Å²) in [5.41, 5.74) is 6.56. The standard InChI is InChI=1S/C32H33N5O2/c1-19(38)36(20(2)39)32-29(24-10-11-24)30(26-15-21-8-9-22(14-21)16-26)35-31-27(18-34-37(31)32)25-12-13-28(33-17-25)23-6-4-3-5-7-23/h3-7,12-13,17-18,21-22,24,26H,8-11,14-16H2,1-2H3/t21-,22+,26+. The van der Waals surface area contributed by atoms with Gasteiger partial charge in [-0.15, -0.1) is 0 Å². The third-order valence-corrected chi connectivity index (χ3v) is 8.93. The van der Waals surface area contributed by atoms with Crippen molar-refractivity contribution in [2.45, 2.75) is 70.6 Å². The van der Waals surface area contributed by atoms with E-state index in [1.54, 1.807) is 10.7 Å². The monoisotopic (exact) mass is 519 g/mol. The van der Waals surface area contributed by atoms with E-state index in [4.69, 9.17) is 15.1 Å². The number of fused-ring (bicyclic) bond motifs is 3. The quantitative estimate of drug-likeness (QED) is 0.300. The Bertz CT molecular complexity index is 1550. The number of nitrogens with zero attached hydrogens (tertiary/aromatic N) is 5. The van der Waals surface area contributed by atoms with E-state index in [0.29, 0.717) is 23.3 Å². The maximum atomic E-state index is 12.9. The number of benzene rings is 1. The number of pyridine rings is 1. The Morgan fingerprint density at radius 1 is 0.821 bits per heavy atom. The van der Waals surface area contributed by atoms with Gasteiger partial charge in [-0.2, -0.15) is 9.61 Å². The number of aromatic nitrogens is 4. The van der Waals surface area contributed by atoms with Gasteiger partial charge in [0.1, 0.15) is 0 Å². The minimum Gasteiger partial charge on any atom is -0.274 e. The molecule has 3 saturated carbocycles. The lowest BCUT2D eigenvalue weighted by atomic mass is 9.78. The minimum absolute atomic E-state index is 0.294. The average Bonchev–Trinajstić information content (AvgIpc) is 3.60. The number of hydrogen-bond acceptors (Lipinski definition) is 5. The average molecular weight is 520 g/mol. The highest BCUT2D eigenvalue weighted by Gasteiger charge is 2.41. The first-order valence-corrected chi connectivity index (χ1v) is 14.2. The van der Waals surface area contributed by atoms with Crippen molar-refractivity contribution < 1.29 is 9.59 Å². The van der Waals surface area contributed by atoms with Crippen molar-refractivity contribution in [2.75, 3.05) is 4.90 Å². The molecule has 3 aliphatic rings. The second-order valence-electron chi connectivity index (χ2n) is 11.7. The van der Waals surface area contributed by atoms with Gasteiger partial charge in [0, 0.05) is 48.2 Å². The second-order valence-corrected chi connectivity index (χ2v) is 11.7. The molecule has 0 unspecified atom stereocenters. The van der Waals surface area contributed by atoms with E-state index in [1.807, 2.05) is 42.6 Å². The van der Waals surface area contributed by atoms with Crippen LogP contribution in [0.5, 0.6) is 0 Å². The van der Waals surface area contributed by atoms with E-state index in [-0.39, 0.29) is 11.8 Å². The number of amides is 2. The zero-order valence-electron chi connectivity index (χ0n) is 22.5. The molecule has 0 saturated heterocycles. The summed E-state index contributed by atoms with van der Waals surface area (Å²) in [6, 6.07) is 14.2. The van der Waals surface area contributed by atoms with Crippen molar-refractivity contribution in [1.29, 1.82) is 0 Å². The van der Waals surface area contributed by atoms with E-state index < -0.39 is 0 Å². The first kappa shape index (κ1) is 24.2. The van der Waals surface area contributed by atoms with Crippen molar-refractivity contribution in [3.8, 4) is 22.4 Å². The van der Waals surface area contributed by atoms with Gasteiger partial charge < -0.3 is 0 Å². The van der Waals surface area contributed by atoms with Gasteiger partial charge in [-0.25, -0.2) is 9.88 Å². The highest BCUT2D eigenvalue weighted by molar-refractivity contribution is 6.13. The van der Waals surface area contributed by atoms with E-state index in [9.17, 15) is 9.59 Å². The largest absolute Gasteiger partial charge is 0.274 e. The van der Waals surface area contributed by atoms with Crippen LogP contribution in [0, 0.1) is 11.8 Å². The SMILES string of the molecule is CC(=O)N(C(C)=O)c1c(C2CC2)c([C@H]2C[C@@H]3CC[C@@H](C3)C2)nc2c(-c3ccc(-c4ccccc4)nc3)cnn12. The molecule has 3 fully saturated rings. The molecule has 198 valence electrons. The summed E-state index contributed by atoms with van der Waals surface area (Å²) >= 11 is 0. The third kappa shape index (κ3) is 4.24. The molecule has 0 aliphatic heterocycles. The van der Waals surface area contributed by atoms with Crippen molar-refractivity contribution in [3.05, 3.63) is 66.1 Å². The van der Waals surface area contributed by atoms with Crippen molar-refractivity contribution >= 4 is 23.3 Å². The zero-order chi connectivity index (χ0) is 26.7. The summed E-state index contributed by atoms with van der Waals surface area (Å²) in [6.07, 6.45) is 12.0. The summed E-state index contributed by atoms with van der Waals surface area (Å²) in [4.78, 5) is 37.2. The molecule has 2 bridgehead atoms. The third-order valence-electron chi connectivity index (χ3n) is 8.93. The Kier molecular flexibility index (Phi) is 5.83. The number of hydrogen-bond donors (Lipinski definition) is 0. The fourth-order valence-corrected chi connectivity index (χ4v) is 7.09. The molecule has 3 aliphatic carbocycles. The molecule has 3 heterocycles. The smallest absolute Gasteiger partial charge is 0.231 e. The maximum Gasteiger partial charge on any atom is 0.231 e. The summed E-state index contributed by atoms with van der Waals surface area (Å²) < 4.78 is 1.73. The maximum absolute atomic E-state index is 12.9. The van der Waals surface area contributed by atoms with E-state index in [2.05, 4.69) is 6.07 Å². The molecule has 7 heteroatoms. The summed E-state index contributed by atoms with van der Waals surface area (Å²) in [7, 11) is 0. The first-order chi connectivity index (χ1) is 19.0. The van der Waals surface area contributed by atoms with E-state index in [1.165, 1.54) is 38.0 Å². The fraction of sp³-hybridized carbons (Fsp3) is 0.406. The fourth-order valence-electron chi connectivity index (χ4n) is 7.09. The van der Waals surface area contributed by atoms with Crippen LogP contribution in [-0.2, 0) is 9.59 Å². The predicted molar refractivity (Wildman–Crippen MR) is 150 cm³/mol. The Balaban J connectivity index is 1.42. The molecule has 1 aromatic carbocycles. The molecule has 39 heavy (non-hydrogen) atoms. The lowest BCUT2D eigenvalue weighted by Gasteiger charge is -2.31. The number of carbonyl (C=O) groups is 2. The van der Waals surface area contributed by atoms with Crippen LogP contribution in [0.3, 0.4) is 0 Å². The summed E-state index contributed by atoms with van der Waals surface area (Å²) in [6.45, 7) is 2.92. The topological polar surface area (TPSA) is 80.5 Å². The predicted octanol–water partition coefficient (Wildman–Crippen LogP) is 6.53. The number of carbonyl (C=O) groups excluding carboxylic acids is 2. The summed E-state index contributed by atoms with van der Waals surface area (Å²) in [5.74, 6) is 2.16. The van der Waals surface area contributed by atoms with Crippen LogP contribution < -0.4 is 4.90 Å². The molecule has 0 N–H and O–H groups in total. The van der Waals surface area contributed by atoms with Crippen molar-refractivity contribution in [2.24, 2.45) is 11.8 Å². The molecule has 3 atom stereocenters. The van der Waals surface area contributed by atoms with Crippen LogP contribution in [0.15, 0.2) is 54.9 Å². The van der Waals surface area contributed by atoms with Gasteiger partial charge in [-0.1, -0.05) is 49.2 Å². The van der Waals surface area contributed by atoms with Crippen molar-refractivity contribution in [1.82, 2.24) is 19.6 Å². The van der Waals surface area contributed by atoms with Crippen LogP contribution in [0.25, 0.3) is 28.0 Å². The Morgan fingerprint density at radius 2 is 1.54 bits per heavy atom. The lowest BCUT2D eigenvalue weighted by molar-refractivity contribution is -0.124. The Morgan fingerprint density at radius 3 is 2.15 bits per heavy atom. The zero-order valence-corrected chi connectivity index (χ0v) is 22.5. The Hall–Kier alpha value is -3.87. The minimum atomic E-state index is -0.294. The van der Waals surface area contributed by atoms with Crippen LogP contribution in [0.2, 0.25) is 0 Å².